The molecule has 0 spiro atoms. The number of aliphatic hydroxyl groups is 2. The van der Waals surface area contributed by atoms with Crippen LogP contribution in [0.3, 0.4) is 0 Å². The highest BCUT2D eigenvalue weighted by Crippen LogP contribution is 2.18. The summed E-state index contributed by atoms with van der Waals surface area (Å²) in [6.45, 7) is 4.94. The molecule has 0 aromatic rings. The van der Waals surface area contributed by atoms with E-state index in [4.69, 9.17) is 4.74 Å². The van der Waals surface area contributed by atoms with Crippen molar-refractivity contribution in [3.63, 3.8) is 0 Å². The van der Waals surface area contributed by atoms with Crippen LogP contribution in [0.4, 0.5) is 0 Å². The van der Waals surface area contributed by atoms with Gasteiger partial charge in [0.2, 0.25) is 5.91 Å². The Morgan fingerprint density at radius 1 is 0.389 bits per heavy atom. The van der Waals surface area contributed by atoms with Crippen LogP contribution in [-0.4, -0.2) is 47.4 Å². The molecule has 0 saturated carbocycles. The standard InChI is InChI=1S/C66H125NO5/c1-3-5-7-9-11-13-15-17-19-21-23-26-30-34-38-42-46-50-54-58-64(69)63(62-68)67-65(70)59-55-51-47-43-39-35-31-27-24-25-29-33-37-41-45-49-53-57-61-72-66(71)60-56-52-48-44-40-36-32-28-22-20-18-16-14-12-10-8-6-4-2/h14,16,20,22,27,31,63-64,68-69H,3-13,15,17-19,21,23-26,28-30,32-62H2,1-2H3,(H,67,70)/b16-14-,22-20-,31-27-. The van der Waals surface area contributed by atoms with Crippen molar-refractivity contribution >= 4 is 11.9 Å². The van der Waals surface area contributed by atoms with Gasteiger partial charge in [-0.25, -0.2) is 0 Å². The number of aliphatic hydroxyl groups excluding tert-OH is 2. The Morgan fingerprint density at radius 3 is 1.08 bits per heavy atom. The number of hydrogen-bond acceptors (Lipinski definition) is 5. The molecule has 6 nitrogen and oxygen atoms in total. The van der Waals surface area contributed by atoms with Crippen LogP contribution in [0.5, 0.6) is 0 Å². The Balaban J connectivity index is 3.44. The fourth-order valence-corrected chi connectivity index (χ4v) is 9.96. The van der Waals surface area contributed by atoms with Gasteiger partial charge in [-0.05, 0) is 83.5 Å². The van der Waals surface area contributed by atoms with E-state index in [-0.39, 0.29) is 18.5 Å². The fourth-order valence-electron chi connectivity index (χ4n) is 9.96. The van der Waals surface area contributed by atoms with Gasteiger partial charge in [0.15, 0.2) is 0 Å². The molecule has 72 heavy (non-hydrogen) atoms. The lowest BCUT2D eigenvalue weighted by molar-refractivity contribution is -0.143. The number of esters is 1. The van der Waals surface area contributed by atoms with E-state index in [0.717, 1.165) is 64.2 Å². The van der Waals surface area contributed by atoms with Crippen LogP contribution in [0.2, 0.25) is 0 Å². The molecule has 0 rings (SSSR count). The summed E-state index contributed by atoms with van der Waals surface area (Å²) in [6.07, 6.45) is 77.2. The maximum Gasteiger partial charge on any atom is 0.305 e. The van der Waals surface area contributed by atoms with Gasteiger partial charge in [0.1, 0.15) is 0 Å². The first-order valence-corrected chi connectivity index (χ1v) is 32.2. The predicted octanol–water partition coefficient (Wildman–Crippen LogP) is 20.4. The molecule has 0 aliphatic rings. The van der Waals surface area contributed by atoms with Gasteiger partial charge >= 0.3 is 5.97 Å². The number of hydrogen-bond donors (Lipinski definition) is 3. The lowest BCUT2D eigenvalue weighted by Gasteiger charge is -2.22. The SMILES string of the molecule is CCCCCC/C=C\C/C=C\CCCCCCCCCC(=O)OCCCCCCCCCCC/C=C\CCCCCCCC(=O)NC(CO)C(O)CCCCCCCCCCCCCCCCCCCCC. The summed E-state index contributed by atoms with van der Waals surface area (Å²) in [5, 5.41) is 23.3. The van der Waals surface area contributed by atoms with Gasteiger partial charge in [-0.3, -0.25) is 9.59 Å². The van der Waals surface area contributed by atoms with Crippen molar-refractivity contribution in [2.45, 2.75) is 360 Å². The molecule has 2 atom stereocenters. The summed E-state index contributed by atoms with van der Waals surface area (Å²) in [5.74, 6) is -0.0509. The lowest BCUT2D eigenvalue weighted by atomic mass is 10.0. The number of amides is 1. The second-order valence-corrected chi connectivity index (χ2v) is 22.1. The van der Waals surface area contributed by atoms with Gasteiger partial charge < -0.3 is 20.3 Å². The molecular formula is C66H125NO5. The maximum absolute atomic E-state index is 12.5. The zero-order valence-electron chi connectivity index (χ0n) is 48.4. The van der Waals surface area contributed by atoms with Crippen molar-refractivity contribution in [1.29, 1.82) is 0 Å². The van der Waals surface area contributed by atoms with Crippen LogP contribution in [0.15, 0.2) is 36.5 Å². The maximum atomic E-state index is 12.5. The highest BCUT2D eigenvalue weighted by atomic mass is 16.5. The van der Waals surface area contributed by atoms with Crippen LogP contribution >= 0.6 is 0 Å². The number of nitrogens with one attached hydrogen (secondary N) is 1. The minimum absolute atomic E-state index is 0.00390. The van der Waals surface area contributed by atoms with E-state index in [0.29, 0.717) is 25.9 Å². The minimum atomic E-state index is -0.674. The molecule has 0 fully saturated rings. The zero-order valence-corrected chi connectivity index (χ0v) is 48.4. The molecule has 1 amide bonds. The van der Waals surface area contributed by atoms with Gasteiger partial charge in [0.05, 0.1) is 25.4 Å². The Kier molecular flexibility index (Phi) is 60.0. The van der Waals surface area contributed by atoms with E-state index in [9.17, 15) is 19.8 Å². The Labute approximate surface area is 449 Å². The van der Waals surface area contributed by atoms with Gasteiger partial charge in [-0.15, -0.1) is 0 Å². The molecule has 0 saturated heterocycles. The highest BCUT2D eigenvalue weighted by Gasteiger charge is 2.20. The molecule has 0 aromatic heterocycles. The fraction of sp³-hybridized carbons (Fsp3) is 0.879. The van der Waals surface area contributed by atoms with Crippen molar-refractivity contribution in [2.24, 2.45) is 0 Å². The molecule has 424 valence electrons. The lowest BCUT2D eigenvalue weighted by Crippen LogP contribution is -2.45. The van der Waals surface area contributed by atoms with E-state index in [1.165, 1.54) is 250 Å². The van der Waals surface area contributed by atoms with E-state index in [2.05, 4.69) is 55.6 Å². The van der Waals surface area contributed by atoms with Crippen molar-refractivity contribution < 1.29 is 24.5 Å². The van der Waals surface area contributed by atoms with Crippen LogP contribution in [0.1, 0.15) is 348 Å². The number of rotatable bonds is 60. The minimum Gasteiger partial charge on any atom is -0.466 e. The summed E-state index contributed by atoms with van der Waals surface area (Å²) in [4.78, 5) is 24.6. The third kappa shape index (κ3) is 57.4. The Morgan fingerprint density at radius 2 is 0.694 bits per heavy atom. The molecule has 6 heteroatoms. The van der Waals surface area contributed by atoms with Crippen molar-refractivity contribution in [2.75, 3.05) is 13.2 Å². The van der Waals surface area contributed by atoms with Gasteiger partial charge in [0, 0.05) is 12.8 Å². The van der Waals surface area contributed by atoms with E-state index in [1.807, 2.05) is 0 Å². The summed E-state index contributed by atoms with van der Waals surface area (Å²) >= 11 is 0. The van der Waals surface area contributed by atoms with E-state index >= 15 is 0 Å². The topological polar surface area (TPSA) is 95.9 Å². The summed E-state index contributed by atoms with van der Waals surface area (Å²) in [6, 6.07) is -0.553. The zero-order chi connectivity index (χ0) is 52.2. The van der Waals surface area contributed by atoms with Crippen molar-refractivity contribution in [3.8, 4) is 0 Å². The number of allylic oxidation sites excluding steroid dienone is 6. The molecule has 0 radical (unpaired) electrons. The van der Waals surface area contributed by atoms with Crippen molar-refractivity contribution in [1.82, 2.24) is 5.32 Å². The first kappa shape index (κ1) is 70.1. The quantitative estimate of drug-likeness (QED) is 0.0320. The molecular weight excluding hydrogens is 887 g/mol. The molecule has 0 aliphatic heterocycles. The Hall–Kier alpha value is -1.92. The normalized spacial score (nSPS) is 12.8. The van der Waals surface area contributed by atoms with E-state index < -0.39 is 12.1 Å². The monoisotopic (exact) mass is 1010 g/mol. The molecule has 2 unspecified atom stereocenters. The van der Waals surface area contributed by atoms with Gasteiger partial charge in [0.25, 0.3) is 0 Å². The van der Waals surface area contributed by atoms with Crippen LogP contribution in [0.25, 0.3) is 0 Å². The number of carbonyl (C=O) groups is 2. The number of unbranched alkanes of at least 4 members (excludes halogenated alkanes) is 43. The highest BCUT2D eigenvalue weighted by molar-refractivity contribution is 5.76. The Bertz CT molecular complexity index is 1170. The predicted molar refractivity (Wildman–Crippen MR) is 315 cm³/mol. The van der Waals surface area contributed by atoms with Gasteiger partial charge in [-0.2, -0.15) is 0 Å². The molecule has 0 aromatic carbocycles. The summed E-state index contributed by atoms with van der Waals surface area (Å²) in [7, 11) is 0. The van der Waals surface area contributed by atoms with Crippen LogP contribution in [0, 0.1) is 0 Å². The smallest absolute Gasteiger partial charge is 0.305 e. The first-order valence-electron chi connectivity index (χ1n) is 32.2. The molecule has 0 bridgehead atoms. The number of carbonyl (C=O) groups excluding carboxylic acids is 2. The largest absolute Gasteiger partial charge is 0.466 e. The van der Waals surface area contributed by atoms with Crippen molar-refractivity contribution in [3.05, 3.63) is 36.5 Å². The van der Waals surface area contributed by atoms with Crippen LogP contribution < -0.4 is 5.32 Å². The van der Waals surface area contributed by atoms with Crippen LogP contribution in [-0.2, 0) is 14.3 Å². The third-order valence-corrected chi connectivity index (χ3v) is 14.9. The second kappa shape index (κ2) is 61.6. The second-order valence-electron chi connectivity index (χ2n) is 22.1. The molecule has 0 aliphatic carbocycles. The molecule has 3 N–H and O–H groups in total. The average molecular weight is 1010 g/mol. The third-order valence-electron chi connectivity index (χ3n) is 14.9. The summed E-state index contributed by atoms with van der Waals surface area (Å²) < 4.78 is 5.49. The van der Waals surface area contributed by atoms with Gasteiger partial charge in [-0.1, -0.05) is 288 Å². The average Bonchev–Trinajstić information content (AvgIpc) is 3.38. The number of ether oxygens (including phenoxy) is 1. The molecule has 0 heterocycles. The van der Waals surface area contributed by atoms with E-state index in [1.54, 1.807) is 0 Å². The first-order chi connectivity index (χ1) is 35.5. The summed E-state index contributed by atoms with van der Waals surface area (Å²) in [5.41, 5.74) is 0.